The summed E-state index contributed by atoms with van der Waals surface area (Å²) < 4.78 is 24.9. The molecule has 2 aromatic carbocycles. The molecule has 2 aromatic rings. The van der Waals surface area contributed by atoms with E-state index in [1.54, 1.807) is 18.1 Å². The fourth-order valence-corrected chi connectivity index (χ4v) is 3.90. The number of methoxy groups -OCH3 is 1. The van der Waals surface area contributed by atoms with Crippen molar-refractivity contribution in [3.8, 4) is 11.5 Å². The summed E-state index contributed by atoms with van der Waals surface area (Å²) in [6.07, 6.45) is 3.80. The van der Waals surface area contributed by atoms with Gasteiger partial charge in [-0.05, 0) is 55.8 Å². The largest absolute Gasteiger partial charge is 0.493 e. The number of benzene rings is 2. The third-order valence-corrected chi connectivity index (χ3v) is 5.45. The molecule has 28 heavy (non-hydrogen) atoms. The molecule has 1 amide bonds. The fourth-order valence-electron chi connectivity index (χ4n) is 3.90. The van der Waals surface area contributed by atoms with Gasteiger partial charge in [0.15, 0.2) is 11.5 Å². The van der Waals surface area contributed by atoms with E-state index >= 15 is 0 Å². The highest BCUT2D eigenvalue weighted by atomic mass is 19.1. The second-order valence-electron chi connectivity index (χ2n) is 7.28. The van der Waals surface area contributed by atoms with Gasteiger partial charge in [0.25, 0.3) is 5.91 Å². The predicted octanol–water partition coefficient (Wildman–Crippen LogP) is 3.86. The van der Waals surface area contributed by atoms with Crippen molar-refractivity contribution in [1.82, 2.24) is 4.90 Å². The zero-order valence-corrected chi connectivity index (χ0v) is 16.1. The predicted molar refractivity (Wildman–Crippen MR) is 106 cm³/mol. The van der Waals surface area contributed by atoms with E-state index in [9.17, 15) is 9.18 Å². The second kappa shape index (κ2) is 8.19. The molecule has 6 heteroatoms. The molecule has 2 heterocycles. The van der Waals surface area contributed by atoms with E-state index in [1.807, 2.05) is 18.2 Å². The average molecular weight is 384 g/mol. The van der Waals surface area contributed by atoms with Gasteiger partial charge in [0.05, 0.1) is 13.7 Å². The number of anilines is 1. The Morgan fingerprint density at radius 1 is 1.04 bits per heavy atom. The number of halogens is 1. The maximum Gasteiger partial charge on any atom is 0.259 e. The van der Waals surface area contributed by atoms with Gasteiger partial charge in [0.2, 0.25) is 0 Å². The second-order valence-corrected chi connectivity index (χ2v) is 7.28. The van der Waals surface area contributed by atoms with Gasteiger partial charge in [0.1, 0.15) is 12.4 Å². The third kappa shape index (κ3) is 3.83. The van der Waals surface area contributed by atoms with Crippen molar-refractivity contribution in [3.63, 3.8) is 0 Å². The van der Waals surface area contributed by atoms with E-state index < -0.39 is 5.82 Å². The average Bonchev–Trinajstić information content (AvgIpc) is 3.05. The highest BCUT2D eigenvalue weighted by Gasteiger charge is 2.29. The standard InChI is InChI=1S/C22H25FN2O3/c1-27-20-8-7-18(14-21(20)28-12-11-24-9-3-2-4-10-24)25-15-16-5-6-17(23)13-19(16)22(25)26/h5-8,13-14H,2-4,9-12,15H2,1H3. The third-order valence-electron chi connectivity index (χ3n) is 5.45. The van der Waals surface area contributed by atoms with Crippen molar-refractivity contribution in [2.24, 2.45) is 0 Å². The number of nitrogens with zero attached hydrogens (tertiary/aromatic N) is 2. The Hall–Kier alpha value is -2.60. The lowest BCUT2D eigenvalue weighted by molar-refractivity contribution is 0.0996. The Bertz CT molecular complexity index is 865. The molecule has 2 aliphatic heterocycles. The lowest BCUT2D eigenvalue weighted by Crippen LogP contribution is -2.33. The number of ether oxygens (including phenoxy) is 2. The number of hydrogen-bond acceptors (Lipinski definition) is 4. The number of likely N-dealkylation sites (tertiary alicyclic amines) is 1. The van der Waals surface area contributed by atoms with Crippen LogP contribution in [0.25, 0.3) is 0 Å². The lowest BCUT2D eigenvalue weighted by Gasteiger charge is -2.26. The van der Waals surface area contributed by atoms with E-state index in [-0.39, 0.29) is 5.91 Å². The highest BCUT2D eigenvalue weighted by Crippen LogP contribution is 2.35. The molecule has 0 radical (unpaired) electrons. The first-order valence-electron chi connectivity index (χ1n) is 9.79. The Labute approximate surface area is 164 Å². The number of carbonyl (C=O) groups is 1. The van der Waals surface area contributed by atoms with Gasteiger partial charge in [-0.15, -0.1) is 0 Å². The van der Waals surface area contributed by atoms with E-state index in [0.29, 0.717) is 30.2 Å². The summed E-state index contributed by atoms with van der Waals surface area (Å²) in [5, 5.41) is 0. The molecule has 0 aromatic heterocycles. The smallest absolute Gasteiger partial charge is 0.259 e. The minimum Gasteiger partial charge on any atom is -0.493 e. The van der Waals surface area contributed by atoms with Crippen LogP contribution in [-0.2, 0) is 6.54 Å². The summed E-state index contributed by atoms with van der Waals surface area (Å²) in [7, 11) is 1.60. The van der Waals surface area contributed by atoms with Crippen LogP contribution in [0.3, 0.4) is 0 Å². The molecule has 0 saturated carbocycles. The number of hydrogen-bond donors (Lipinski definition) is 0. The van der Waals surface area contributed by atoms with Crippen LogP contribution in [0.1, 0.15) is 35.2 Å². The van der Waals surface area contributed by atoms with Gasteiger partial charge in [-0.2, -0.15) is 0 Å². The van der Waals surface area contributed by atoms with Crippen LogP contribution in [0, 0.1) is 5.82 Å². The maximum atomic E-state index is 13.5. The summed E-state index contributed by atoms with van der Waals surface area (Å²) in [4.78, 5) is 16.8. The van der Waals surface area contributed by atoms with Gasteiger partial charge in [0, 0.05) is 23.9 Å². The van der Waals surface area contributed by atoms with Crippen molar-refractivity contribution in [2.45, 2.75) is 25.8 Å². The first kappa shape index (κ1) is 18.7. The number of carbonyl (C=O) groups excluding carboxylic acids is 1. The first-order chi connectivity index (χ1) is 13.7. The minimum atomic E-state index is -0.398. The zero-order chi connectivity index (χ0) is 19.5. The summed E-state index contributed by atoms with van der Waals surface area (Å²) in [5.41, 5.74) is 1.97. The van der Waals surface area contributed by atoms with Crippen LogP contribution in [0.15, 0.2) is 36.4 Å². The molecule has 0 bridgehead atoms. The van der Waals surface area contributed by atoms with Crippen molar-refractivity contribution in [2.75, 3.05) is 38.3 Å². The Morgan fingerprint density at radius 2 is 1.86 bits per heavy atom. The van der Waals surface area contributed by atoms with Crippen LogP contribution in [0.5, 0.6) is 11.5 Å². The van der Waals surface area contributed by atoms with Crippen molar-refractivity contribution >= 4 is 11.6 Å². The SMILES string of the molecule is COc1ccc(N2Cc3ccc(F)cc3C2=O)cc1OCCN1CCCCC1. The zero-order valence-electron chi connectivity index (χ0n) is 16.1. The first-order valence-corrected chi connectivity index (χ1v) is 9.79. The molecular weight excluding hydrogens is 359 g/mol. The molecule has 0 spiro atoms. The lowest BCUT2D eigenvalue weighted by atomic mass is 10.1. The van der Waals surface area contributed by atoms with Crippen LogP contribution in [-0.4, -0.2) is 44.2 Å². The van der Waals surface area contributed by atoms with Crippen LogP contribution in [0.2, 0.25) is 0 Å². The van der Waals surface area contributed by atoms with Crippen LogP contribution < -0.4 is 14.4 Å². The topological polar surface area (TPSA) is 42.0 Å². The van der Waals surface area contributed by atoms with Crippen molar-refractivity contribution in [1.29, 1.82) is 0 Å². The Kier molecular flexibility index (Phi) is 5.48. The van der Waals surface area contributed by atoms with E-state index in [4.69, 9.17) is 9.47 Å². The number of piperidine rings is 1. The fraction of sp³-hybridized carbons (Fsp3) is 0.409. The molecule has 0 aliphatic carbocycles. The number of amides is 1. The van der Waals surface area contributed by atoms with Crippen molar-refractivity contribution < 1.29 is 18.7 Å². The van der Waals surface area contributed by atoms with Crippen LogP contribution in [0.4, 0.5) is 10.1 Å². The molecule has 0 N–H and O–H groups in total. The normalized spacial score (nSPS) is 16.9. The maximum absolute atomic E-state index is 13.5. The van der Waals surface area contributed by atoms with Gasteiger partial charge >= 0.3 is 0 Å². The summed E-state index contributed by atoms with van der Waals surface area (Å²) in [5.74, 6) is 0.661. The van der Waals surface area contributed by atoms with E-state index in [1.165, 1.54) is 31.4 Å². The number of rotatable bonds is 6. The summed E-state index contributed by atoms with van der Waals surface area (Å²) in [6.45, 7) is 4.11. The Balaban J connectivity index is 1.48. The molecule has 0 atom stereocenters. The van der Waals surface area contributed by atoms with E-state index in [2.05, 4.69) is 4.90 Å². The molecule has 2 aliphatic rings. The molecule has 5 nitrogen and oxygen atoms in total. The molecule has 4 rings (SSSR count). The Morgan fingerprint density at radius 3 is 2.64 bits per heavy atom. The molecular formula is C22H25FN2O3. The quantitative estimate of drug-likeness (QED) is 0.759. The number of fused-ring (bicyclic) bond motifs is 1. The van der Waals surface area contributed by atoms with Crippen molar-refractivity contribution in [3.05, 3.63) is 53.3 Å². The minimum absolute atomic E-state index is 0.195. The molecule has 1 saturated heterocycles. The molecule has 0 unspecified atom stereocenters. The monoisotopic (exact) mass is 384 g/mol. The van der Waals surface area contributed by atoms with Gasteiger partial charge in [-0.1, -0.05) is 12.5 Å². The van der Waals surface area contributed by atoms with Gasteiger partial charge in [-0.25, -0.2) is 4.39 Å². The van der Waals surface area contributed by atoms with Gasteiger partial charge < -0.3 is 14.4 Å². The molecule has 1 fully saturated rings. The van der Waals surface area contributed by atoms with Gasteiger partial charge in [-0.3, -0.25) is 9.69 Å². The summed E-state index contributed by atoms with van der Waals surface area (Å²) in [6, 6.07) is 9.83. The molecule has 148 valence electrons. The van der Waals surface area contributed by atoms with E-state index in [0.717, 1.165) is 30.9 Å². The van der Waals surface area contributed by atoms with Crippen LogP contribution >= 0.6 is 0 Å². The highest BCUT2D eigenvalue weighted by molar-refractivity contribution is 6.10. The summed E-state index contributed by atoms with van der Waals surface area (Å²) >= 11 is 0.